The van der Waals surface area contributed by atoms with Crippen LogP contribution in [0.1, 0.15) is 19.8 Å². The van der Waals surface area contributed by atoms with Crippen molar-refractivity contribution in [1.29, 1.82) is 0 Å². The number of hydrogen-bond donors (Lipinski definition) is 1. The predicted molar refractivity (Wildman–Crippen MR) is 78.8 cm³/mol. The third-order valence-corrected chi connectivity index (χ3v) is 4.57. The summed E-state index contributed by atoms with van der Waals surface area (Å²) in [6.07, 6.45) is 1.21. The van der Waals surface area contributed by atoms with E-state index >= 15 is 0 Å². The number of ether oxygens (including phenoxy) is 1. The van der Waals surface area contributed by atoms with Crippen molar-refractivity contribution < 1.29 is 13.2 Å². The van der Waals surface area contributed by atoms with Crippen molar-refractivity contribution in [2.45, 2.75) is 19.8 Å². The maximum atomic E-state index is 12.4. The predicted octanol–water partition coefficient (Wildman–Crippen LogP) is 1.85. The number of nitrogens with two attached hydrogens (primary N) is 1. The number of hydrogen-bond acceptors (Lipinski definition) is 4. The molecule has 0 saturated carbocycles. The van der Waals surface area contributed by atoms with Gasteiger partial charge >= 0.3 is 0 Å². The summed E-state index contributed by atoms with van der Waals surface area (Å²) in [4.78, 5) is 0. The van der Waals surface area contributed by atoms with Crippen molar-refractivity contribution in [3.8, 4) is 0 Å². The Labute approximate surface area is 115 Å². The van der Waals surface area contributed by atoms with Crippen LogP contribution in [0.2, 0.25) is 0 Å². The van der Waals surface area contributed by atoms with Crippen LogP contribution in [0, 0.1) is 0 Å². The Morgan fingerprint density at radius 1 is 1.32 bits per heavy atom. The molecule has 6 heteroatoms. The zero-order valence-corrected chi connectivity index (χ0v) is 12.3. The highest BCUT2D eigenvalue weighted by Gasteiger charge is 2.22. The lowest BCUT2D eigenvalue weighted by atomic mass is 10.2. The number of para-hydroxylation sites is 2. The Hall–Kier alpha value is -1.27. The van der Waals surface area contributed by atoms with E-state index in [-0.39, 0.29) is 5.75 Å². The van der Waals surface area contributed by atoms with Gasteiger partial charge < -0.3 is 10.5 Å². The Kier molecular flexibility index (Phi) is 6.11. The molecule has 0 bridgehead atoms. The Bertz CT molecular complexity index is 488. The summed E-state index contributed by atoms with van der Waals surface area (Å²) in [6, 6.07) is 7.03. The molecule has 1 aromatic carbocycles. The standard InChI is InChI=1S/C13H22N2O3S/c1-3-9-15(13-8-5-4-7-12(13)14)19(16,17)11-6-10-18-2/h4-5,7-8H,3,6,9-11,14H2,1-2H3. The molecule has 0 atom stereocenters. The second-order valence-electron chi connectivity index (χ2n) is 4.29. The maximum absolute atomic E-state index is 12.4. The van der Waals surface area contributed by atoms with Crippen molar-refractivity contribution in [3.05, 3.63) is 24.3 Å². The van der Waals surface area contributed by atoms with E-state index in [1.165, 1.54) is 4.31 Å². The molecule has 0 amide bonds. The lowest BCUT2D eigenvalue weighted by Gasteiger charge is -2.25. The van der Waals surface area contributed by atoms with Gasteiger partial charge in [0, 0.05) is 20.3 Å². The molecule has 108 valence electrons. The van der Waals surface area contributed by atoms with Crippen LogP contribution < -0.4 is 10.0 Å². The largest absolute Gasteiger partial charge is 0.397 e. The fourth-order valence-electron chi connectivity index (χ4n) is 1.82. The monoisotopic (exact) mass is 286 g/mol. The number of sulfonamides is 1. The van der Waals surface area contributed by atoms with E-state index in [1.807, 2.05) is 6.92 Å². The zero-order valence-electron chi connectivity index (χ0n) is 11.5. The average molecular weight is 286 g/mol. The van der Waals surface area contributed by atoms with Crippen LogP contribution in [0.5, 0.6) is 0 Å². The molecular formula is C13H22N2O3S. The minimum atomic E-state index is -3.36. The van der Waals surface area contributed by atoms with Gasteiger partial charge in [0.25, 0.3) is 0 Å². The minimum Gasteiger partial charge on any atom is -0.397 e. The second kappa shape index (κ2) is 7.35. The highest BCUT2D eigenvalue weighted by atomic mass is 32.2. The molecule has 1 aromatic rings. The highest BCUT2D eigenvalue weighted by molar-refractivity contribution is 7.92. The number of anilines is 2. The second-order valence-corrected chi connectivity index (χ2v) is 6.31. The molecule has 0 aliphatic heterocycles. The van der Waals surface area contributed by atoms with Crippen molar-refractivity contribution in [3.63, 3.8) is 0 Å². The number of benzene rings is 1. The summed E-state index contributed by atoms with van der Waals surface area (Å²) in [6.45, 7) is 2.81. The fourth-order valence-corrected chi connectivity index (χ4v) is 3.45. The molecule has 0 unspecified atom stereocenters. The molecule has 0 fully saturated rings. The topological polar surface area (TPSA) is 72.6 Å². The van der Waals surface area contributed by atoms with Crippen molar-refractivity contribution in [2.24, 2.45) is 0 Å². The van der Waals surface area contributed by atoms with Gasteiger partial charge in [-0.15, -0.1) is 0 Å². The molecule has 0 spiro atoms. The third-order valence-electron chi connectivity index (χ3n) is 2.72. The van der Waals surface area contributed by atoms with Crippen molar-refractivity contribution >= 4 is 21.4 Å². The lowest BCUT2D eigenvalue weighted by Crippen LogP contribution is -2.34. The Balaban J connectivity index is 2.97. The first-order valence-corrected chi connectivity index (χ1v) is 7.97. The Morgan fingerprint density at radius 2 is 2.00 bits per heavy atom. The van der Waals surface area contributed by atoms with E-state index in [4.69, 9.17) is 10.5 Å². The molecule has 0 aliphatic rings. The van der Waals surface area contributed by atoms with Gasteiger partial charge in [0.1, 0.15) is 0 Å². The van der Waals surface area contributed by atoms with E-state index in [2.05, 4.69) is 0 Å². The molecule has 0 heterocycles. The van der Waals surface area contributed by atoms with Gasteiger partial charge in [-0.3, -0.25) is 4.31 Å². The van der Waals surface area contributed by atoms with Crippen LogP contribution in [0.3, 0.4) is 0 Å². The van der Waals surface area contributed by atoms with Gasteiger partial charge in [0.2, 0.25) is 10.0 Å². The molecule has 0 aliphatic carbocycles. The van der Waals surface area contributed by atoms with Crippen LogP contribution >= 0.6 is 0 Å². The van der Waals surface area contributed by atoms with E-state index < -0.39 is 10.0 Å². The molecule has 0 radical (unpaired) electrons. The van der Waals surface area contributed by atoms with Crippen LogP contribution in [0.15, 0.2) is 24.3 Å². The van der Waals surface area contributed by atoms with Crippen LogP contribution in [0.25, 0.3) is 0 Å². The van der Waals surface area contributed by atoms with Crippen LogP contribution in [-0.2, 0) is 14.8 Å². The first kappa shape index (κ1) is 15.8. The van der Waals surface area contributed by atoms with Gasteiger partial charge in [-0.25, -0.2) is 8.42 Å². The summed E-state index contributed by atoms with van der Waals surface area (Å²) >= 11 is 0. The molecular weight excluding hydrogens is 264 g/mol. The SMILES string of the molecule is CCCN(c1ccccc1N)S(=O)(=O)CCCOC. The summed E-state index contributed by atoms with van der Waals surface area (Å²) in [5, 5.41) is 0. The van der Waals surface area contributed by atoms with Crippen molar-refractivity contribution in [2.75, 3.05) is 36.1 Å². The van der Waals surface area contributed by atoms with Gasteiger partial charge in [-0.05, 0) is 25.0 Å². The van der Waals surface area contributed by atoms with Gasteiger partial charge in [0.05, 0.1) is 17.1 Å². The highest BCUT2D eigenvalue weighted by Crippen LogP contribution is 2.25. The van der Waals surface area contributed by atoms with Crippen molar-refractivity contribution in [1.82, 2.24) is 0 Å². The number of rotatable bonds is 8. The third kappa shape index (κ3) is 4.40. The summed E-state index contributed by atoms with van der Waals surface area (Å²) < 4.78 is 31.0. The molecule has 2 N–H and O–H groups in total. The summed E-state index contributed by atoms with van der Waals surface area (Å²) in [5.74, 6) is 0.0647. The first-order valence-electron chi connectivity index (χ1n) is 6.36. The maximum Gasteiger partial charge on any atom is 0.235 e. The minimum absolute atomic E-state index is 0.0647. The average Bonchev–Trinajstić information content (AvgIpc) is 2.37. The van der Waals surface area contributed by atoms with Crippen LogP contribution in [0.4, 0.5) is 11.4 Å². The Morgan fingerprint density at radius 3 is 2.58 bits per heavy atom. The van der Waals surface area contributed by atoms with Crippen LogP contribution in [-0.4, -0.2) is 34.4 Å². The smallest absolute Gasteiger partial charge is 0.235 e. The normalized spacial score (nSPS) is 11.5. The van der Waals surface area contributed by atoms with Gasteiger partial charge in [-0.1, -0.05) is 19.1 Å². The van der Waals surface area contributed by atoms with Gasteiger partial charge in [-0.2, -0.15) is 0 Å². The fraction of sp³-hybridized carbons (Fsp3) is 0.538. The van der Waals surface area contributed by atoms with E-state index in [0.717, 1.165) is 6.42 Å². The lowest BCUT2D eigenvalue weighted by molar-refractivity contribution is 0.199. The molecule has 0 aromatic heterocycles. The first-order chi connectivity index (χ1) is 9.03. The molecule has 1 rings (SSSR count). The molecule has 0 saturated heterocycles. The number of nitrogens with zero attached hydrogens (tertiary/aromatic N) is 1. The number of methoxy groups -OCH3 is 1. The quantitative estimate of drug-likeness (QED) is 0.585. The van der Waals surface area contributed by atoms with E-state index in [0.29, 0.717) is 30.9 Å². The number of nitrogen functional groups attached to an aromatic ring is 1. The summed E-state index contributed by atoms with van der Waals surface area (Å²) in [5.41, 5.74) is 6.91. The molecule has 19 heavy (non-hydrogen) atoms. The van der Waals surface area contributed by atoms with Gasteiger partial charge in [0.15, 0.2) is 0 Å². The van der Waals surface area contributed by atoms with E-state index in [1.54, 1.807) is 31.4 Å². The zero-order chi connectivity index (χ0) is 14.3. The summed E-state index contributed by atoms with van der Waals surface area (Å²) in [7, 11) is -1.80. The molecule has 5 nitrogen and oxygen atoms in total. The van der Waals surface area contributed by atoms with E-state index in [9.17, 15) is 8.42 Å².